The topological polar surface area (TPSA) is 49.4 Å². The molecule has 0 spiro atoms. The highest BCUT2D eigenvalue weighted by molar-refractivity contribution is 8.04. The quantitative estimate of drug-likeness (QED) is 0.530. The minimum absolute atomic E-state index is 0.0818. The van der Waals surface area contributed by atoms with Gasteiger partial charge in [0.1, 0.15) is 0 Å². The second-order valence-corrected chi connectivity index (χ2v) is 8.72. The van der Waals surface area contributed by atoms with Crippen LogP contribution in [-0.4, -0.2) is 25.4 Å². The number of nitrogens with zero attached hydrogens (tertiary/aromatic N) is 1. The second kappa shape index (κ2) is 9.41. The van der Waals surface area contributed by atoms with E-state index in [1.165, 1.54) is 11.8 Å². The van der Waals surface area contributed by atoms with Gasteiger partial charge in [0.25, 0.3) is 11.8 Å². The average molecular weight is 449 g/mol. The molecule has 0 saturated carbocycles. The van der Waals surface area contributed by atoms with Crippen molar-refractivity contribution in [2.75, 3.05) is 18.5 Å². The Morgan fingerprint density at radius 2 is 1.81 bits per heavy atom. The van der Waals surface area contributed by atoms with Gasteiger partial charge in [-0.2, -0.15) is 0 Å². The molecule has 4 nitrogen and oxygen atoms in total. The molecule has 2 amide bonds. The zero-order valence-electron chi connectivity index (χ0n) is 17.0. The summed E-state index contributed by atoms with van der Waals surface area (Å²) in [5, 5.41) is 3.64. The van der Waals surface area contributed by atoms with Gasteiger partial charge in [0.2, 0.25) is 0 Å². The molecule has 3 aromatic carbocycles. The normalized spacial score (nSPS) is 14.5. The molecule has 0 unspecified atom stereocenters. The molecule has 0 saturated heterocycles. The molecule has 1 heterocycles. The summed E-state index contributed by atoms with van der Waals surface area (Å²) in [5.41, 5.74) is 3.36. The smallest absolute Gasteiger partial charge is 0.264 e. The maximum Gasteiger partial charge on any atom is 0.264 e. The zero-order valence-corrected chi connectivity index (χ0v) is 18.5. The van der Waals surface area contributed by atoms with E-state index >= 15 is 0 Å². The Hall–Kier alpha value is -3.02. The number of nitrogens with one attached hydrogen (secondary N) is 1. The van der Waals surface area contributed by atoms with Gasteiger partial charge in [-0.3, -0.25) is 9.59 Å². The standard InChI is InChI=1S/C25H21ClN2O2S/c1-28-21-16-19(24(29)27-14-13-17-7-10-20(26)11-8-17)9-12-22(21)31-23(25(28)30)15-18-5-3-2-4-6-18/h2-12,15-16H,13-14H2,1H3,(H,27,29). The lowest BCUT2D eigenvalue weighted by Gasteiger charge is -2.27. The number of hydrogen-bond donors (Lipinski definition) is 1. The highest BCUT2D eigenvalue weighted by Crippen LogP contribution is 2.41. The van der Waals surface area contributed by atoms with Crippen LogP contribution in [0.1, 0.15) is 21.5 Å². The summed E-state index contributed by atoms with van der Waals surface area (Å²) in [4.78, 5) is 28.7. The Bertz CT molecular complexity index is 1140. The number of carbonyl (C=O) groups is 2. The Morgan fingerprint density at radius 3 is 2.55 bits per heavy atom. The summed E-state index contributed by atoms with van der Waals surface area (Å²) in [5.74, 6) is -0.241. The second-order valence-electron chi connectivity index (χ2n) is 7.20. The molecular formula is C25H21ClN2O2S. The van der Waals surface area contributed by atoms with Gasteiger partial charge in [0.15, 0.2) is 0 Å². The van der Waals surface area contributed by atoms with Gasteiger partial charge < -0.3 is 10.2 Å². The number of anilines is 1. The van der Waals surface area contributed by atoms with Crippen LogP contribution in [0, 0.1) is 0 Å². The number of rotatable bonds is 5. The van der Waals surface area contributed by atoms with Crippen molar-refractivity contribution in [3.8, 4) is 0 Å². The van der Waals surface area contributed by atoms with Crippen LogP contribution in [0.25, 0.3) is 6.08 Å². The van der Waals surface area contributed by atoms with Crippen molar-refractivity contribution in [3.63, 3.8) is 0 Å². The lowest BCUT2D eigenvalue weighted by Crippen LogP contribution is -2.31. The van der Waals surface area contributed by atoms with Crippen molar-refractivity contribution >= 4 is 46.9 Å². The van der Waals surface area contributed by atoms with E-state index in [0.717, 1.165) is 28.1 Å². The van der Waals surface area contributed by atoms with Crippen LogP contribution >= 0.6 is 23.4 Å². The number of halogens is 1. The fourth-order valence-electron chi connectivity index (χ4n) is 3.31. The van der Waals surface area contributed by atoms with Crippen molar-refractivity contribution < 1.29 is 9.59 Å². The van der Waals surface area contributed by atoms with E-state index in [-0.39, 0.29) is 11.8 Å². The van der Waals surface area contributed by atoms with Gasteiger partial charge in [-0.05, 0) is 54.0 Å². The maximum atomic E-state index is 12.9. The molecule has 1 aliphatic rings. The van der Waals surface area contributed by atoms with E-state index in [9.17, 15) is 9.59 Å². The third-order valence-corrected chi connectivity index (χ3v) is 6.36. The lowest BCUT2D eigenvalue weighted by molar-refractivity contribution is -0.114. The van der Waals surface area contributed by atoms with Gasteiger partial charge in [-0.1, -0.05) is 65.8 Å². The van der Waals surface area contributed by atoms with Crippen molar-refractivity contribution in [2.45, 2.75) is 11.3 Å². The monoisotopic (exact) mass is 448 g/mol. The number of benzene rings is 3. The van der Waals surface area contributed by atoms with Crippen molar-refractivity contribution in [3.05, 3.63) is 99.4 Å². The van der Waals surface area contributed by atoms with Crippen LogP contribution in [-0.2, 0) is 11.2 Å². The predicted octanol–water partition coefficient (Wildman–Crippen LogP) is 5.42. The molecule has 3 aromatic rings. The first-order chi connectivity index (χ1) is 15.0. The predicted molar refractivity (Wildman–Crippen MR) is 128 cm³/mol. The van der Waals surface area contributed by atoms with E-state index < -0.39 is 0 Å². The fourth-order valence-corrected chi connectivity index (χ4v) is 4.53. The highest BCUT2D eigenvalue weighted by atomic mass is 35.5. The minimum atomic E-state index is -0.159. The number of amides is 2. The van der Waals surface area contributed by atoms with Gasteiger partial charge in [0, 0.05) is 29.1 Å². The minimum Gasteiger partial charge on any atom is -0.352 e. The summed E-state index contributed by atoms with van der Waals surface area (Å²) in [6.07, 6.45) is 2.61. The number of fused-ring (bicyclic) bond motifs is 1. The molecule has 0 bridgehead atoms. The summed E-state index contributed by atoms with van der Waals surface area (Å²) in [6.45, 7) is 0.519. The van der Waals surface area contributed by atoms with E-state index in [1.807, 2.05) is 66.7 Å². The van der Waals surface area contributed by atoms with Crippen LogP contribution in [0.15, 0.2) is 82.6 Å². The molecule has 0 aliphatic carbocycles. The summed E-state index contributed by atoms with van der Waals surface area (Å²) in [6, 6.07) is 22.8. The zero-order chi connectivity index (χ0) is 21.8. The first kappa shape index (κ1) is 21.2. The number of carbonyl (C=O) groups excluding carboxylic acids is 2. The fraction of sp³-hybridized carbons (Fsp3) is 0.120. The van der Waals surface area contributed by atoms with Crippen molar-refractivity contribution in [1.82, 2.24) is 5.32 Å². The molecule has 0 aromatic heterocycles. The summed E-state index contributed by atoms with van der Waals surface area (Å²) >= 11 is 7.33. The Balaban J connectivity index is 1.46. The van der Waals surface area contributed by atoms with Crippen molar-refractivity contribution in [1.29, 1.82) is 0 Å². The molecule has 0 radical (unpaired) electrons. The highest BCUT2D eigenvalue weighted by Gasteiger charge is 2.27. The summed E-state index contributed by atoms with van der Waals surface area (Å²) in [7, 11) is 1.74. The Labute approximate surface area is 190 Å². The molecule has 31 heavy (non-hydrogen) atoms. The summed E-state index contributed by atoms with van der Waals surface area (Å²) < 4.78 is 0. The van der Waals surface area contributed by atoms with E-state index in [0.29, 0.717) is 22.0 Å². The maximum absolute atomic E-state index is 12.9. The van der Waals surface area contributed by atoms with Gasteiger partial charge in [0.05, 0.1) is 10.6 Å². The molecule has 4 rings (SSSR count). The SMILES string of the molecule is CN1C(=O)C(=Cc2ccccc2)Sc2ccc(C(=O)NCCc3ccc(Cl)cc3)cc21. The van der Waals surface area contributed by atoms with E-state index in [4.69, 9.17) is 11.6 Å². The lowest BCUT2D eigenvalue weighted by atomic mass is 10.1. The van der Waals surface area contributed by atoms with Gasteiger partial charge in [-0.25, -0.2) is 0 Å². The molecule has 1 N–H and O–H groups in total. The average Bonchev–Trinajstić information content (AvgIpc) is 2.79. The largest absolute Gasteiger partial charge is 0.352 e. The molecule has 1 aliphatic heterocycles. The van der Waals surface area contributed by atoms with Crippen LogP contribution in [0.2, 0.25) is 5.02 Å². The molecule has 0 atom stereocenters. The third kappa shape index (κ3) is 5.01. The van der Waals surface area contributed by atoms with E-state index in [2.05, 4.69) is 5.32 Å². The van der Waals surface area contributed by atoms with E-state index in [1.54, 1.807) is 24.1 Å². The van der Waals surface area contributed by atoms with Crippen LogP contribution in [0.3, 0.4) is 0 Å². The van der Waals surface area contributed by atoms with Gasteiger partial charge >= 0.3 is 0 Å². The molecular weight excluding hydrogens is 428 g/mol. The van der Waals surface area contributed by atoms with Crippen molar-refractivity contribution in [2.24, 2.45) is 0 Å². The number of thioether (sulfide) groups is 1. The Morgan fingerprint density at radius 1 is 1.06 bits per heavy atom. The first-order valence-electron chi connectivity index (χ1n) is 9.90. The number of hydrogen-bond acceptors (Lipinski definition) is 3. The third-order valence-electron chi connectivity index (χ3n) is 5.03. The molecule has 0 fully saturated rings. The molecule has 6 heteroatoms. The van der Waals surface area contributed by atoms with Crippen LogP contribution in [0.4, 0.5) is 5.69 Å². The number of likely N-dealkylation sites (N-methyl/N-ethyl adjacent to an activating group) is 1. The first-order valence-corrected chi connectivity index (χ1v) is 11.1. The van der Waals surface area contributed by atoms with Crippen LogP contribution < -0.4 is 10.2 Å². The Kier molecular flexibility index (Phi) is 6.44. The van der Waals surface area contributed by atoms with Gasteiger partial charge in [-0.15, -0.1) is 0 Å². The van der Waals surface area contributed by atoms with Crippen LogP contribution in [0.5, 0.6) is 0 Å². The molecule has 156 valence electrons.